The molecule has 4 N–H and O–H groups in total. The zero-order valence-electron chi connectivity index (χ0n) is 16.9. The van der Waals surface area contributed by atoms with E-state index in [2.05, 4.69) is 19.9 Å². The van der Waals surface area contributed by atoms with Gasteiger partial charge in [-0.2, -0.15) is 0 Å². The number of hydrogen-bond acceptors (Lipinski definition) is 8. The van der Waals surface area contributed by atoms with Crippen LogP contribution in [0.1, 0.15) is 45.2 Å². The normalized spacial score (nSPS) is 14.8. The molecule has 8 nitrogen and oxygen atoms in total. The summed E-state index contributed by atoms with van der Waals surface area (Å²) in [6.45, 7) is 0. The summed E-state index contributed by atoms with van der Waals surface area (Å²) in [5.74, 6) is -0.0510. The molecule has 156 valence electrons. The van der Waals surface area contributed by atoms with E-state index in [0.717, 1.165) is 22.1 Å². The summed E-state index contributed by atoms with van der Waals surface area (Å²) < 4.78 is 0. The zero-order valence-corrected chi connectivity index (χ0v) is 16.9. The number of fused-ring (bicyclic) bond motifs is 4. The average Bonchev–Trinajstić information content (AvgIpc) is 2.83. The van der Waals surface area contributed by atoms with Crippen LogP contribution in [0.5, 0.6) is 0 Å². The topological polar surface area (TPSA) is 138 Å². The van der Waals surface area contributed by atoms with E-state index in [-0.39, 0.29) is 11.6 Å². The van der Waals surface area contributed by atoms with Crippen LogP contribution in [-0.2, 0) is 0 Å². The second kappa shape index (κ2) is 7.66. The Morgan fingerprint density at radius 1 is 0.531 bits per heavy atom. The third kappa shape index (κ3) is 3.37. The predicted octanol–water partition coefficient (Wildman–Crippen LogP) is 3.03. The van der Waals surface area contributed by atoms with Crippen LogP contribution in [0.2, 0.25) is 0 Å². The number of para-hydroxylation sites is 4. The molecule has 0 saturated heterocycles. The van der Waals surface area contributed by atoms with Gasteiger partial charge < -0.3 is 11.5 Å². The van der Waals surface area contributed by atoms with Gasteiger partial charge in [0.15, 0.2) is 11.6 Å². The van der Waals surface area contributed by atoms with E-state index in [4.69, 9.17) is 11.5 Å². The fraction of sp³-hybridized carbons (Fsp3) is 0.0833. The highest BCUT2D eigenvalue weighted by molar-refractivity contribution is 6.04. The van der Waals surface area contributed by atoms with Gasteiger partial charge in [-0.15, -0.1) is 0 Å². The van der Waals surface area contributed by atoms with Crippen molar-refractivity contribution in [3.8, 4) is 0 Å². The zero-order chi connectivity index (χ0) is 22.2. The number of carbonyl (C=O) groups is 2. The van der Waals surface area contributed by atoms with Crippen molar-refractivity contribution >= 4 is 45.0 Å². The Morgan fingerprint density at radius 3 is 1.19 bits per heavy atom. The van der Waals surface area contributed by atoms with E-state index in [1.54, 1.807) is 12.2 Å². The number of allylic oxidation sites excluding steroid dienone is 2. The van der Waals surface area contributed by atoms with Gasteiger partial charge in [0.25, 0.3) is 0 Å². The molecule has 0 saturated carbocycles. The number of nitrogens with zero attached hydrogens (tertiary/aromatic N) is 4. The number of nitrogens with two attached hydrogens (primary N) is 2. The smallest absolute Gasteiger partial charge is 0.187 e. The van der Waals surface area contributed by atoms with E-state index < -0.39 is 0 Å². The van der Waals surface area contributed by atoms with Crippen molar-refractivity contribution < 1.29 is 9.59 Å². The first kappa shape index (κ1) is 19.5. The maximum atomic E-state index is 11.7. The molecule has 0 amide bonds. The van der Waals surface area contributed by atoms with E-state index in [0.29, 0.717) is 47.0 Å². The van der Waals surface area contributed by atoms with Crippen LogP contribution >= 0.6 is 0 Å². The lowest BCUT2D eigenvalue weighted by Crippen LogP contribution is -2.16. The molecule has 8 heteroatoms. The Hall–Kier alpha value is -4.46. The molecule has 0 atom stereocenters. The molecule has 4 aromatic rings. The quantitative estimate of drug-likeness (QED) is 0.441. The molecule has 0 radical (unpaired) electrons. The molecule has 2 aromatic carbocycles. The van der Waals surface area contributed by atoms with Crippen molar-refractivity contribution in [2.45, 2.75) is 12.8 Å². The number of benzene rings is 2. The fourth-order valence-corrected chi connectivity index (χ4v) is 3.58. The fourth-order valence-electron chi connectivity index (χ4n) is 3.58. The molecule has 2 heterocycles. The van der Waals surface area contributed by atoms with Crippen molar-refractivity contribution in [3.63, 3.8) is 0 Å². The second-order valence-electron chi connectivity index (χ2n) is 7.39. The number of aromatic nitrogens is 4. The summed E-state index contributed by atoms with van der Waals surface area (Å²) >= 11 is 0. The first-order chi connectivity index (χ1) is 15.5. The van der Waals surface area contributed by atoms with E-state index in [1.807, 2.05) is 48.5 Å². The first-order valence-corrected chi connectivity index (χ1v) is 10.0. The van der Waals surface area contributed by atoms with Crippen molar-refractivity contribution in [1.82, 2.24) is 19.9 Å². The first-order valence-electron chi connectivity index (χ1n) is 10.0. The summed E-state index contributed by atoms with van der Waals surface area (Å²) in [7, 11) is 0. The van der Waals surface area contributed by atoms with Crippen molar-refractivity contribution in [1.29, 1.82) is 0 Å². The third-order valence-corrected chi connectivity index (χ3v) is 5.23. The average molecular weight is 422 g/mol. The number of hydrogen-bond donors (Lipinski definition) is 2. The number of Topliss-reactive ketones (excluding diaryl/α,β-unsaturated/α-hetero) is 2. The van der Waals surface area contributed by atoms with Crippen molar-refractivity contribution in [3.05, 3.63) is 83.5 Å². The van der Waals surface area contributed by atoms with Gasteiger partial charge in [0.2, 0.25) is 0 Å². The van der Waals surface area contributed by atoms with E-state index >= 15 is 0 Å². The Kier molecular flexibility index (Phi) is 4.67. The molecular weight excluding hydrogens is 404 g/mol. The Labute approximate surface area is 182 Å². The summed E-state index contributed by atoms with van der Waals surface area (Å²) in [5, 5.41) is 0. The van der Waals surface area contributed by atoms with E-state index in [9.17, 15) is 9.59 Å². The summed E-state index contributed by atoms with van der Waals surface area (Å²) in [4.78, 5) is 40.7. The standard InChI is InChI=1S/2C12H9N3O/c2*13-7-5-6-10(16)12-11(7)14-8-3-1-2-4-9(8)15-12/h2*1-5H,6,13H2. The molecule has 0 spiro atoms. The maximum absolute atomic E-state index is 11.7. The SMILES string of the molecule is NC1=CCC(=O)c2nc3ccccc3nc21.NC1=CCC(=O)c2nc3ccccc3nc21. The summed E-state index contributed by atoms with van der Waals surface area (Å²) in [5.41, 5.74) is 17.4. The minimum absolute atomic E-state index is 0.0255. The van der Waals surface area contributed by atoms with Crippen LogP contribution in [0.25, 0.3) is 33.5 Å². The van der Waals surface area contributed by atoms with Gasteiger partial charge in [0.05, 0.1) is 33.5 Å². The molecule has 6 rings (SSSR count). The van der Waals surface area contributed by atoms with Crippen LogP contribution in [-0.4, -0.2) is 31.5 Å². The molecular formula is C24H18N6O2. The minimum Gasteiger partial charge on any atom is -0.397 e. The molecule has 0 fully saturated rings. The minimum atomic E-state index is -0.0255. The highest BCUT2D eigenvalue weighted by Gasteiger charge is 2.22. The second-order valence-corrected chi connectivity index (χ2v) is 7.39. The van der Waals surface area contributed by atoms with Crippen molar-refractivity contribution in [2.24, 2.45) is 11.5 Å². The van der Waals surface area contributed by atoms with Crippen LogP contribution in [0, 0.1) is 0 Å². The number of ketones is 2. The predicted molar refractivity (Wildman–Crippen MR) is 121 cm³/mol. The molecule has 2 aliphatic carbocycles. The van der Waals surface area contributed by atoms with Gasteiger partial charge in [0.1, 0.15) is 22.8 Å². The Bertz CT molecular complexity index is 1380. The van der Waals surface area contributed by atoms with Crippen molar-refractivity contribution in [2.75, 3.05) is 0 Å². The molecule has 0 bridgehead atoms. The van der Waals surface area contributed by atoms with Gasteiger partial charge in [0, 0.05) is 12.8 Å². The Morgan fingerprint density at radius 2 is 0.844 bits per heavy atom. The highest BCUT2D eigenvalue weighted by Crippen LogP contribution is 2.23. The summed E-state index contributed by atoms with van der Waals surface area (Å²) in [6, 6.07) is 14.9. The molecule has 2 aromatic heterocycles. The van der Waals surface area contributed by atoms with Gasteiger partial charge in [-0.05, 0) is 24.3 Å². The van der Waals surface area contributed by atoms with Gasteiger partial charge in [-0.1, -0.05) is 36.4 Å². The third-order valence-electron chi connectivity index (χ3n) is 5.23. The Balaban J connectivity index is 0.000000135. The number of carbonyl (C=O) groups excluding carboxylic acids is 2. The van der Waals surface area contributed by atoms with E-state index in [1.165, 1.54) is 0 Å². The maximum Gasteiger partial charge on any atom is 0.187 e. The molecule has 32 heavy (non-hydrogen) atoms. The molecule has 2 aliphatic rings. The van der Waals surface area contributed by atoms with Crippen LogP contribution < -0.4 is 11.5 Å². The van der Waals surface area contributed by atoms with Crippen LogP contribution in [0.3, 0.4) is 0 Å². The lowest BCUT2D eigenvalue weighted by molar-refractivity contribution is 0.0981. The number of rotatable bonds is 0. The summed E-state index contributed by atoms with van der Waals surface area (Å²) in [6.07, 6.45) is 4.00. The molecule has 0 aliphatic heterocycles. The lowest BCUT2D eigenvalue weighted by atomic mass is 10.0. The largest absolute Gasteiger partial charge is 0.397 e. The lowest BCUT2D eigenvalue weighted by Gasteiger charge is -2.12. The van der Waals surface area contributed by atoms with Gasteiger partial charge in [-0.25, -0.2) is 19.9 Å². The van der Waals surface area contributed by atoms with Gasteiger partial charge >= 0.3 is 0 Å². The van der Waals surface area contributed by atoms with Crippen LogP contribution in [0.4, 0.5) is 0 Å². The highest BCUT2D eigenvalue weighted by atomic mass is 16.1. The monoisotopic (exact) mass is 422 g/mol. The van der Waals surface area contributed by atoms with Gasteiger partial charge in [-0.3, -0.25) is 9.59 Å². The molecule has 0 unspecified atom stereocenters. The van der Waals surface area contributed by atoms with Crippen LogP contribution in [0.15, 0.2) is 60.7 Å².